The standard InChI is InChI=1S/C14H28O2/c1-4-6-7-8-9-10-12-13(11-5-2)14(15)16-3/h13H,4-12H2,1-3H3. The van der Waals surface area contributed by atoms with Gasteiger partial charge in [-0.2, -0.15) is 0 Å². The van der Waals surface area contributed by atoms with Gasteiger partial charge < -0.3 is 4.74 Å². The molecule has 0 aromatic rings. The third-order valence-electron chi connectivity index (χ3n) is 3.08. The van der Waals surface area contributed by atoms with Crippen LogP contribution in [-0.4, -0.2) is 13.1 Å². The molecule has 16 heavy (non-hydrogen) atoms. The lowest BCUT2D eigenvalue weighted by molar-refractivity contribution is -0.146. The Balaban J connectivity index is 3.56. The van der Waals surface area contributed by atoms with Crippen molar-refractivity contribution in [2.75, 3.05) is 7.11 Å². The summed E-state index contributed by atoms with van der Waals surface area (Å²) in [4.78, 5) is 11.4. The van der Waals surface area contributed by atoms with Gasteiger partial charge in [0, 0.05) is 0 Å². The monoisotopic (exact) mass is 228 g/mol. The highest BCUT2D eigenvalue weighted by atomic mass is 16.5. The van der Waals surface area contributed by atoms with Crippen molar-refractivity contribution in [2.45, 2.75) is 71.6 Å². The van der Waals surface area contributed by atoms with Crippen LogP contribution in [0.3, 0.4) is 0 Å². The highest BCUT2D eigenvalue weighted by molar-refractivity contribution is 5.72. The second-order valence-electron chi connectivity index (χ2n) is 4.57. The average molecular weight is 228 g/mol. The van der Waals surface area contributed by atoms with Crippen molar-refractivity contribution in [3.05, 3.63) is 0 Å². The SMILES string of the molecule is CCCCCCCCC(CCC)C(=O)OC. The van der Waals surface area contributed by atoms with Gasteiger partial charge >= 0.3 is 5.97 Å². The van der Waals surface area contributed by atoms with Crippen LogP contribution in [0.15, 0.2) is 0 Å². The Kier molecular flexibility index (Phi) is 10.6. The number of rotatable bonds is 10. The molecule has 96 valence electrons. The predicted molar refractivity (Wildman–Crippen MR) is 68.4 cm³/mol. The Hall–Kier alpha value is -0.530. The predicted octanol–water partition coefficient (Wildman–Crippen LogP) is 4.33. The van der Waals surface area contributed by atoms with Crippen LogP contribution in [0.4, 0.5) is 0 Å². The van der Waals surface area contributed by atoms with Gasteiger partial charge in [0.15, 0.2) is 0 Å². The molecule has 0 fully saturated rings. The molecule has 0 saturated carbocycles. The molecule has 0 radical (unpaired) electrons. The van der Waals surface area contributed by atoms with E-state index in [2.05, 4.69) is 13.8 Å². The van der Waals surface area contributed by atoms with Crippen molar-refractivity contribution in [1.82, 2.24) is 0 Å². The maximum absolute atomic E-state index is 11.4. The van der Waals surface area contributed by atoms with E-state index in [0.717, 1.165) is 19.3 Å². The van der Waals surface area contributed by atoms with Crippen LogP contribution < -0.4 is 0 Å². The lowest BCUT2D eigenvalue weighted by Crippen LogP contribution is -2.15. The zero-order chi connectivity index (χ0) is 12.2. The highest BCUT2D eigenvalue weighted by Gasteiger charge is 2.16. The Morgan fingerprint density at radius 3 is 2.12 bits per heavy atom. The van der Waals surface area contributed by atoms with Crippen LogP contribution in [-0.2, 0) is 9.53 Å². The number of esters is 1. The molecule has 1 atom stereocenters. The number of hydrogen-bond acceptors (Lipinski definition) is 2. The van der Waals surface area contributed by atoms with Gasteiger partial charge in [-0.25, -0.2) is 0 Å². The summed E-state index contributed by atoms with van der Waals surface area (Å²) in [7, 11) is 1.49. The zero-order valence-corrected chi connectivity index (χ0v) is 11.3. The fourth-order valence-electron chi connectivity index (χ4n) is 2.07. The minimum Gasteiger partial charge on any atom is -0.469 e. The van der Waals surface area contributed by atoms with Gasteiger partial charge in [-0.05, 0) is 12.8 Å². The minimum absolute atomic E-state index is 0.0181. The molecular weight excluding hydrogens is 200 g/mol. The second kappa shape index (κ2) is 11.0. The first-order chi connectivity index (χ1) is 7.76. The summed E-state index contributed by atoms with van der Waals surface area (Å²) in [6, 6.07) is 0. The van der Waals surface area contributed by atoms with E-state index in [1.165, 1.54) is 45.6 Å². The molecule has 0 aromatic heterocycles. The van der Waals surface area contributed by atoms with Crippen molar-refractivity contribution in [2.24, 2.45) is 5.92 Å². The molecule has 0 rings (SSSR count). The van der Waals surface area contributed by atoms with Crippen LogP contribution >= 0.6 is 0 Å². The van der Waals surface area contributed by atoms with Gasteiger partial charge in [0.05, 0.1) is 13.0 Å². The van der Waals surface area contributed by atoms with Gasteiger partial charge in [-0.15, -0.1) is 0 Å². The van der Waals surface area contributed by atoms with Crippen molar-refractivity contribution in [3.8, 4) is 0 Å². The third-order valence-corrected chi connectivity index (χ3v) is 3.08. The minimum atomic E-state index is -0.0181. The van der Waals surface area contributed by atoms with E-state index in [-0.39, 0.29) is 11.9 Å². The van der Waals surface area contributed by atoms with E-state index in [0.29, 0.717) is 0 Å². The number of carbonyl (C=O) groups excluding carboxylic acids is 1. The van der Waals surface area contributed by atoms with Gasteiger partial charge in [0.2, 0.25) is 0 Å². The van der Waals surface area contributed by atoms with Gasteiger partial charge in [-0.3, -0.25) is 4.79 Å². The number of ether oxygens (including phenoxy) is 1. The lowest BCUT2D eigenvalue weighted by atomic mass is 9.96. The maximum Gasteiger partial charge on any atom is 0.308 e. The Morgan fingerprint density at radius 2 is 1.56 bits per heavy atom. The average Bonchev–Trinajstić information content (AvgIpc) is 2.31. The van der Waals surface area contributed by atoms with E-state index in [4.69, 9.17) is 4.74 Å². The van der Waals surface area contributed by atoms with Crippen molar-refractivity contribution < 1.29 is 9.53 Å². The Morgan fingerprint density at radius 1 is 0.938 bits per heavy atom. The van der Waals surface area contributed by atoms with Crippen molar-refractivity contribution >= 4 is 5.97 Å². The van der Waals surface area contributed by atoms with Crippen LogP contribution in [0.1, 0.15) is 71.6 Å². The fourth-order valence-corrected chi connectivity index (χ4v) is 2.07. The molecule has 0 aliphatic rings. The summed E-state index contributed by atoms with van der Waals surface area (Å²) >= 11 is 0. The first-order valence-electron chi connectivity index (χ1n) is 6.84. The van der Waals surface area contributed by atoms with Crippen LogP contribution in [0.5, 0.6) is 0 Å². The first-order valence-corrected chi connectivity index (χ1v) is 6.84. The summed E-state index contributed by atoms with van der Waals surface area (Å²) in [5.74, 6) is 0.122. The molecule has 2 heteroatoms. The molecule has 0 aliphatic heterocycles. The van der Waals surface area contributed by atoms with Crippen LogP contribution in [0.2, 0.25) is 0 Å². The fraction of sp³-hybridized carbons (Fsp3) is 0.929. The Bertz CT molecular complexity index is 166. The number of methoxy groups -OCH3 is 1. The van der Waals surface area contributed by atoms with E-state index < -0.39 is 0 Å². The molecule has 0 N–H and O–H groups in total. The van der Waals surface area contributed by atoms with Gasteiger partial charge in [0.1, 0.15) is 0 Å². The van der Waals surface area contributed by atoms with Gasteiger partial charge in [0.25, 0.3) is 0 Å². The molecule has 0 heterocycles. The van der Waals surface area contributed by atoms with Gasteiger partial charge in [-0.1, -0.05) is 58.8 Å². The maximum atomic E-state index is 11.4. The topological polar surface area (TPSA) is 26.3 Å². The molecule has 0 saturated heterocycles. The van der Waals surface area contributed by atoms with E-state index in [1.807, 2.05) is 0 Å². The molecule has 1 unspecified atom stereocenters. The summed E-state index contributed by atoms with van der Waals surface area (Å²) in [5, 5.41) is 0. The smallest absolute Gasteiger partial charge is 0.308 e. The van der Waals surface area contributed by atoms with Crippen LogP contribution in [0.25, 0.3) is 0 Å². The van der Waals surface area contributed by atoms with Crippen molar-refractivity contribution in [1.29, 1.82) is 0 Å². The number of unbranched alkanes of at least 4 members (excludes halogenated alkanes) is 5. The molecular formula is C14H28O2. The summed E-state index contributed by atoms with van der Waals surface area (Å²) < 4.78 is 4.82. The molecule has 0 aliphatic carbocycles. The highest BCUT2D eigenvalue weighted by Crippen LogP contribution is 2.18. The van der Waals surface area contributed by atoms with Crippen LogP contribution in [0, 0.1) is 5.92 Å². The number of hydrogen-bond donors (Lipinski definition) is 0. The van der Waals surface area contributed by atoms with E-state index in [1.54, 1.807) is 0 Å². The molecule has 0 aromatic carbocycles. The molecule has 2 nitrogen and oxygen atoms in total. The first kappa shape index (κ1) is 15.5. The quantitative estimate of drug-likeness (QED) is 0.411. The number of carbonyl (C=O) groups is 1. The molecule has 0 bridgehead atoms. The third kappa shape index (κ3) is 7.72. The largest absolute Gasteiger partial charge is 0.469 e. The normalized spacial score (nSPS) is 12.4. The lowest BCUT2D eigenvalue weighted by Gasteiger charge is -2.13. The summed E-state index contributed by atoms with van der Waals surface area (Å²) in [6.45, 7) is 4.35. The summed E-state index contributed by atoms with van der Waals surface area (Å²) in [5.41, 5.74) is 0. The molecule has 0 amide bonds. The van der Waals surface area contributed by atoms with E-state index in [9.17, 15) is 4.79 Å². The Labute approximate surface area is 101 Å². The van der Waals surface area contributed by atoms with E-state index >= 15 is 0 Å². The zero-order valence-electron chi connectivity index (χ0n) is 11.3. The van der Waals surface area contributed by atoms with Crippen molar-refractivity contribution in [3.63, 3.8) is 0 Å². The second-order valence-corrected chi connectivity index (χ2v) is 4.57. The summed E-state index contributed by atoms with van der Waals surface area (Å²) in [6.07, 6.45) is 10.8. The molecule has 0 spiro atoms.